The third-order valence-electron chi connectivity index (χ3n) is 3.88. The second kappa shape index (κ2) is 6.92. The van der Waals surface area contributed by atoms with Crippen LogP contribution in [0.1, 0.15) is 44.3 Å². The summed E-state index contributed by atoms with van der Waals surface area (Å²) in [4.78, 5) is 0. The Bertz CT molecular complexity index is 374. The predicted octanol–water partition coefficient (Wildman–Crippen LogP) is 3.32. The Labute approximate surface area is 115 Å². The van der Waals surface area contributed by atoms with E-state index in [1.165, 1.54) is 12.8 Å². The van der Waals surface area contributed by atoms with Gasteiger partial charge >= 0.3 is 0 Å². The molecule has 0 aliphatic heterocycles. The van der Waals surface area contributed by atoms with E-state index in [9.17, 15) is 5.11 Å². The van der Waals surface area contributed by atoms with Crippen LogP contribution >= 0.6 is 0 Å². The summed E-state index contributed by atoms with van der Waals surface area (Å²) in [6.45, 7) is 2.65. The van der Waals surface area contributed by atoms with Crippen LogP contribution < -0.4 is 4.74 Å². The number of ether oxygens (including phenoxy) is 2. The van der Waals surface area contributed by atoms with E-state index in [2.05, 4.69) is 6.92 Å². The molecule has 3 unspecified atom stereocenters. The summed E-state index contributed by atoms with van der Waals surface area (Å²) in [5.41, 5.74) is 0.879. The molecular weight excluding hydrogens is 240 g/mol. The maximum atomic E-state index is 10.1. The third kappa shape index (κ3) is 4.22. The molecule has 19 heavy (non-hydrogen) atoms. The van der Waals surface area contributed by atoms with Gasteiger partial charge in [0.1, 0.15) is 11.9 Å². The standard InChI is InChI=1S/C16H24O3/c1-12-4-3-5-15(10-12)19-11-16(17)13-6-8-14(18-2)9-7-13/h6-9,12,15-17H,3-5,10-11H2,1-2H3. The third-order valence-corrected chi connectivity index (χ3v) is 3.88. The van der Waals surface area contributed by atoms with Crippen molar-refractivity contribution in [2.45, 2.75) is 44.8 Å². The van der Waals surface area contributed by atoms with Gasteiger partial charge in [-0.2, -0.15) is 0 Å². The van der Waals surface area contributed by atoms with E-state index in [1.807, 2.05) is 24.3 Å². The van der Waals surface area contributed by atoms with Gasteiger partial charge in [-0.05, 0) is 36.5 Å². The quantitative estimate of drug-likeness (QED) is 0.886. The molecule has 0 bridgehead atoms. The first-order valence-corrected chi connectivity index (χ1v) is 7.12. The Kier molecular flexibility index (Phi) is 5.23. The first-order valence-electron chi connectivity index (χ1n) is 7.12. The largest absolute Gasteiger partial charge is 0.497 e. The highest BCUT2D eigenvalue weighted by molar-refractivity contribution is 5.28. The highest BCUT2D eigenvalue weighted by atomic mass is 16.5. The summed E-state index contributed by atoms with van der Waals surface area (Å²) < 4.78 is 10.9. The van der Waals surface area contributed by atoms with Crippen molar-refractivity contribution in [2.75, 3.05) is 13.7 Å². The molecular formula is C16H24O3. The van der Waals surface area contributed by atoms with E-state index in [0.717, 1.165) is 30.1 Å². The summed E-state index contributed by atoms with van der Waals surface area (Å²) >= 11 is 0. The van der Waals surface area contributed by atoms with Crippen molar-refractivity contribution in [1.29, 1.82) is 0 Å². The highest BCUT2D eigenvalue weighted by Crippen LogP contribution is 2.27. The van der Waals surface area contributed by atoms with Crippen LogP contribution in [0.3, 0.4) is 0 Å². The molecule has 1 aliphatic rings. The topological polar surface area (TPSA) is 38.7 Å². The lowest BCUT2D eigenvalue weighted by molar-refractivity contribution is -0.0322. The first kappa shape index (κ1) is 14.4. The van der Waals surface area contributed by atoms with Crippen molar-refractivity contribution in [1.82, 2.24) is 0 Å². The van der Waals surface area contributed by atoms with Crippen LogP contribution in [0.25, 0.3) is 0 Å². The van der Waals surface area contributed by atoms with E-state index in [4.69, 9.17) is 9.47 Å². The average molecular weight is 264 g/mol. The van der Waals surface area contributed by atoms with Gasteiger partial charge in [-0.25, -0.2) is 0 Å². The fourth-order valence-corrected chi connectivity index (χ4v) is 2.68. The Morgan fingerprint density at radius 1 is 1.26 bits per heavy atom. The summed E-state index contributed by atoms with van der Waals surface area (Å²) in [5, 5.41) is 10.1. The molecule has 1 aromatic carbocycles. The van der Waals surface area contributed by atoms with Crippen molar-refractivity contribution in [3.8, 4) is 5.75 Å². The molecule has 1 fully saturated rings. The van der Waals surface area contributed by atoms with Crippen LogP contribution in [0.2, 0.25) is 0 Å². The molecule has 3 heteroatoms. The zero-order valence-electron chi connectivity index (χ0n) is 11.8. The lowest BCUT2D eigenvalue weighted by atomic mass is 9.89. The lowest BCUT2D eigenvalue weighted by Gasteiger charge is -2.27. The van der Waals surface area contributed by atoms with Crippen molar-refractivity contribution in [2.24, 2.45) is 5.92 Å². The smallest absolute Gasteiger partial charge is 0.118 e. The number of methoxy groups -OCH3 is 1. The molecule has 2 rings (SSSR count). The number of rotatable bonds is 5. The minimum atomic E-state index is -0.553. The average Bonchev–Trinajstić information content (AvgIpc) is 2.45. The molecule has 0 aromatic heterocycles. The SMILES string of the molecule is COc1ccc(C(O)COC2CCCC(C)C2)cc1. The van der Waals surface area contributed by atoms with Gasteiger partial charge in [0.15, 0.2) is 0 Å². The zero-order chi connectivity index (χ0) is 13.7. The van der Waals surface area contributed by atoms with Crippen molar-refractivity contribution in [3.63, 3.8) is 0 Å². The van der Waals surface area contributed by atoms with Gasteiger partial charge < -0.3 is 14.6 Å². The number of hydrogen-bond acceptors (Lipinski definition) is 3. The molecule has 1 aromatic rings. The van der Waals surface area contributed by atoms with Crippen molar-refractivity contribution in [3.05, 3.63) is 29.8 Å². The van der Waals surface area contributed by atoms with Gasteiger partial charge in [0.2, 0.25) is 0 Å². The van der Waals surface area contributed by atoms with Gasteiger partial charge in [-0.1, -0.05) is 31.9 Å². The first-order chi connectivity index (χ1) is 9.19. The highest BCUT2D eigenvalue weighted by Gasteiger charge is 2.20. The van der Waals surface area contributed by atoms with Gasteiger partial charge in [0, 0.05) is 0 Å². The monoisotopic (exact) mass is 264 g/mol. The van der Waals surface area contributed by atoms with Gasteiger partial charge in [0.25, 0.3) is 0 Å². The molecule has 1 saturated carbocycles. The van der Waals surface area contributed by atoms with E-state index in [0.29, 0.717) is 12.7 Å². The van der Waals surface area contributed by atoms with Crippen molar-refractivity contribution >= 4 is 0 Å². The number of aliphatic hydroxyl groups excluding tert-OH is 1. The molecule has 3 nitrogen and oxygen atoms in total. The zero-order valence-corrected chi connectivity index (χ0v) is 11.8. The molecule has 0 spiro atoms. The molecule has 106 valence electrons. The molecule has 0 radical (unpaired) electrons. The van der Waals surface area contributed by atoms with Crippen LogP contribution in [-0.4, -0.2) is 24.9 Å². The molecule has 0 amide bonds. The predicted molar refractivity (Wildman–Crippen MR) is 75.3 cm³/mol. The van der Waals surface area contributed by atoms with Crippen LogP contribution in [0.5, 0.6) is 5.75 Å². The number of benzene rings is 1. The fourth-order valence-electron chi connectivity index (χ4n) is 2.68. The Morgan fingerprint density at radius 2 is 2.00 bits per heavy atom. The van der Waals surface area contributed by atoms with E-state index >= 15 is 0 Å². The Morgan fingerprint density at radius 3 is 2.63 bits per heavy atom. The molecule has 3 atom stereocenters. The molecule has 0 heterocycles. The van der Waals surface area contributed by atoms with Crippen LogP contribution in [-0.2, 0) is 4.74 Å². The summed E-state index contributed by atoms with van der Waals surface area (Å²) in [5.74, 6) is 1.55. The van der Waals surface area contributed by atoms with E-state index in [1.54, 1.807) is 7.11 Å². The normalized spacial score (nSPS) is 25.0. The summed E-state index contributed by atoms with van der Waals surface area (Å²) in [6, 6.07) is 7.50. The number of hydrogen-bond donors (Lipinski definition) is 1. The van der Waals surface area contributed by atoms with E-state index in [-0.39, 0.29) is 0 Å². The maximum absolute atomic E-state index is 10.1. The Balaban J connectivity index is 1.81. The van der Waals surface area contributed by atoms with Crippen LogP contribution in [0, 0.1) is 5.92 Å². The second-order valence-electron chi connectivity index (χ2n) is 5.52. The minimum Gasteiger partial charge on any atom is -0.497 e. The number of aliphatic hydroxyl groups is 1. The second-order valence-corrected chi connectivity index (χ2v) is 5.52. The van der Waals surface area contributed by atoms with Gasteiger partial charge in [0.05, 0.1) is 19.8 Å². The van der Waals surface area contributed by atoms with Crippen LogP contribution in [0.15, 0.2) is 24.3 Å². The maximum Gasteiger partial charge on any atom is 0.118 e. The summed E-state index contributed by atoms with van der Waals surface area (Å²) in [7, 11) is 1.64. The molecule has 1 N–H and O–H groups in total. The van der Waals surface area contributed by atoms with E-state index < -0.39 is 6.10 Å². The fraction of sp³-hybridized carbons (Fsp3) is 0.625. The van der Waals surface area contributed by atoms with Gasteiger partial charge in [-0.3, -0.25) is 0 Å². The summed E-state index contributed by atoms with van der Waals surface area (Å²) in [6.07, 6.45) is 4.56. The van der Waals surface area contributed by atoms with Crippen molar-refractivity contribution < 1.29 is 14.6 Å². The minimum absolute atomic E-state index is 0.316. The Hall–Kier alpha value is -1.06. The van der Waals surface area contributed by atoms with Crippen LogP contribution in [0.4, 0.5) is 0 Å². The lowest BCUT2D eigenvalue weighted by Crippen LogP contribution is -2.23. The van der Waals surface area contributed by atoms with Gasteiger partial charge in [-0.15, -0.1) is 0 Å². The molecule has 0 saturated heterocycles. The molecule has 1 aliphatic carbocycles.